The Morgan fingerprint density at radius 2 is 1.96 bits per heavy atom. The number of imide groups is 1. The van der Waals surface area contributed by atoms with Gasteiger partial charge in [-0.05, 0) is 49.1 Å². The van der Waals surface area contributed by atoms with Gasteiger partial charge in [0.1, 0.15) is 5.75 Å². The first kappa shape index (κ1) is 18.0. The molecule has 1 aromatic heterocycles. The highest BCUT2D eigenvalue weighted by Crippen LogP contribution is 2.24. The summed E-state index contributed by atoms with van der Waals surface area (Å²) in [7, 11) is 0. The Kier molecular flexibility index (Phi) is 6.04. The second-order valence-electron chi connectivity index (χ2n) is 6.57. The number of nitrogens with zero attached hydrogens (tertiary/aromatic N) is 1. The van der Waals surface area contributed by atoms with Crippen molar-refractivity contribution >= 4 is 22.9 Å². The molecule has 1 saturated heterocycles. The van der Waals surface area contributed by atoms with E-state index in [9.17, 15) is 9.59 Å². The number of aromatic nitrogens is 1. The summed E-state index contributed by atoms with van der Waals surface area (Å²) in [4.78, 5) is 27.9. The molecular formula is C21H24N2O3S. The predicted molar refractivity (Wildman–Crippen MR) is 107 cm³/mol. The first-order valence-corrected chi connectivity index (χ1v) is 10.1. The molecule has 0 aliphatic carbocycles. The van der Waals surface area contributed by atoms with Gasteiger partial charge in [-0.25, -0.2) is 0 Å². The third-order valence-corrected chi connectivity index (χ3v) is 5.41. The van der Waals surface area contributed by atoms with Crippen LogP contribution in [-0.4, -0.2) is 28.0 Å². The van der Waals surface area contributed by atoms with E-state index in [-0.39, 0.29) is 0 Å². The summed E-state index contributed by atoms with van der Waals surface area (Å²) in [6.45, 7) is 4.76. The lowest BCUT2D eigenvalue weighted by molar-refractivity contribution is -0.118. The molecule has 142 valence electrons. The molecule has 0 bridgehead atoms. The molecule has 1 fully saturated rings. The van der Waals surface area contributed by atoms with Crippen molar-refractivity contribution in [3.05, 3.63) is 58.9 Å². The van der Waals surface area contributed by atoms with Gasteiger partial charge in [-0.1, -0.05) is 43.3 Å². The topological polar surface area (TPSA) is 68.3 Å². The highest BCUT2D eigenvalue weighted by Gasteiger charge is 2.31. The molecule has 27 heavy (non-hydrogen) atoms. The molecular weight excluding hydrogens is 360 g/mol. The zero-order valence-corrected chi connectivity index (χ0v) is 16.4. The van der Waals surface area contributed by atoms with Gasteiger partial charge in [0.05, 0.1) is 11.9 Å². The molecule has 1 aliphatic rings. The van der Waals surface area contributed by atoms with Gasteiger partial charge < -0.3 is 4.74 Å². The molecule has 1 aromatic carbocycles. The van der Waals surface area contributed by atoms with Gasteiger partial charge in [0.2, 0.25) is 5.91 Å². The van der Waals surface area contributed by atoms with E-state index in [0.717, 1.165) is 53.7 Å². The molecule has 1 atom stereocenters. The number of ether oxygens (including phenoxy) is 1. The van der Waals surface area contributed by atoms with Crippen LogP contribution in [0, 0.1) is 6.92 Å². The van der Waals surface area contributed by atoms with E-state index < -0.39 is 16.4 Å². The van der Waals surface area contributed by atoms with Crippen LogP contribution < -0.4 is 10.0 Å². The summed E-state index contributed by atoms with van der Waals surface area (Å²) in [6, 6.07) is 11.7. The lowest BCUT2D eigenvalue weighted by atomic mass is 10.1. The van der Waals surface area contributed by atoms with Gasteiger partial charge in [0.25, 0.3) is 5.24 Å². The van der Waals surface area contributed by atoms with Gasteiger partial charge in [-0.3, -0.25) is 19.9 Å². The molecule has 2 heterocycles. The van der Waals surface area contributed by atoms with Crippen LogP contribution in [0.3, 0.4) is 0 Å². The number of carbonyl (C=O) groups excluding carboxylic acids is 2. The fraction of sp³-hybridized carbons (Fsp3) is 0.381. The van der Waals surface area contributed by atoms with Crippen molar-refractivity contribution in [3.63, 3.8) is 0 Å². The minimum atomic E-state index is -0.512. The van der Waals surface area contributed by atoms with Crippen molar-refractivity contribution in [1.29, 1.82) is 0 Å². The van der Waals surface area contributed by atoms with Crippen LogP contribution in [0.1, 0.15) is 35.9 Å². The average molecular weight is 386 g/mol. The van der Waals surface area contributed by atoms with Crippen molar-refractivity contribution in [2.75, 3.05) is 6.61 Å². The smallest absolute Gasteiger partial charge is 0.286 e. The van der Waals surface area contributed by atoms with E-state index in [1.165, 1.54) is 5.56 Å². The van der Waals surface area contributed by atoms with Crippen molar-refractivity contribution < 1.29 is 15.7 Å². The van der Waals surface area contributed by atoms with Crippen molar-refractivity contribution in [2.24, 2.45) is 0 Å². The Bertz CT molecular complexity index is 857. The number of hydrogen-bond acceptors (Lipinski definition) is 5. The minimum Gasteiger partial charge on any atom is -0.493 e. The number of benzene rings is 1. The lowest BCUT2D eigenvalue weighted by Crippen LogP contribution is -2.25. The standard InChI is InChI=1S/C21H24N2O3S/c1-3-4-16-7-8-17(22-14(16)2)11-12-26-18-9-5-15(6-10-18)13-19-20(24)23-21(25)27-19/h5-10,19H,3-4,11-13H2,1-2H3,(H,23,24,25)/i/hD. The summed E-state index contributed by atoms with van der Waals surface area (Å²) >= 11 is 0.909. The fourth-order valence-corrected chi connectivity index (χ4v) is 3.83. The Morgan fingerprint density at radius 1 is 1.19 bits per heavy atom. The predicted octanol–water partition coefficient (Wildman–Crippen LogP) is 3.86. The average Bonchev–Trinajstić information content (AvgIpc) is 2.92. The second-order valence-corrected chi connectivity index (χ2v) is 7.72. The zero-order valence-electron chi connectivity index (χ0n) is 16.6. The molecule has 2 amide bonds. The first-order chi connectivity index (χ1) is 13.5. The molecule has 1 unspecified atom stereocenters. The number of thioether (sulfide) groups is 1. The van der Waals surface area contributed by atoms with E-state index in [4.69, 9.17) is 6.15 Å². The molecule has 0 radical (unpaired) electrons. The minimum absolute atomic E-state index is 0.429. The molecule has 1 N–H and O–H groups in total. The Balaban J connectivity index is 1.49. The normalized spacial score (nSPS) is 17.3. The number of pyridine rings is 1. The molecule has 6 heteroatoms. The van der Waals surface area contributed by atoms with Crippen molar-refractivity contribution in [3.8, 4) is 5.75 Å². The Morgan fingerprint density at radius 3 is 2.59 bits per heavy atom. The van der Waals surface area contributed by atoms with Crippen LogP contribution in [0.25, 0.3) is 0 Å². The molecule has 5 nitrogen and oxygen atoms in total. The number of amides is 2. The van der Waals surface area contributed by atoms with Gasteiger partial charge >= 0.3 is 0 Å². The SMILES string of the molecule is [2H]N1C(=O)SC(Cc2ccc(OCCc3ccc(CCC)c(C)n3)cc2)C1=O. The Labute approximate surface area is 165 Å². The second kappa shape index (κ2) is 9.04. The van der Waals surface area contributed by atoms with Gasteiger partial charge in [0, 0.05) is 17.8 Å². The number of aryl methyl sites for hydroxylation is 2. The number of carbonyl (C=O) groups is 2. The summed E-state index contributed by atoms with van der Waals surface area (Å²) in [6.07, 6.45) is 3.34. The van der Waals surface area contributed by atoms with E-state index in [0.29, 0.717) is 18.3 Å². The third kappa shape index (κ3) is 5.32. The van der Waals surface area contributed by atoms with Crippen LogP contribution >= 0.6 is 11.8 Å². The van der Waals surface area contributed by atoms with Crippen LogP contribution in [0.4, 0.5) is 4.79 Å². The number of rotatable bonds is 8. The fourth-order valence-electron chi connectivity index (χ4n) is 3.01. The van der Waals surface area contributed by atoms with E-state index >= 15 is 0 Å². The maximum absolute atomic E-state index is 11.8. The molecule has 0 spiro atoms. The summed E-state index contributed by atoms with van der Waals surface area (Å²) in [5.41, 5.74) is 4.35. The van der Waals surface area contributed by atoms with E-state index in [2.05, 4.69) is 31.0 Å². The Hall–Kier alpha value is -2.34. The van der Waals surface area contributed by atoms with Gasteiger partial charge in [0.15, 0.2) is 1.41 Å². The first-order valence-electron chi connectivity index (χ1n) is 9.63. The summed E-state index contributed by atoms with van der Waals surface area (Å²) < 4.78 is 13.2. The van der Waals surface area contributed by atoms with Gasteiger partial charge in [-0.2, -0.15) is 0 Å². The van der Waals surface area contributed by atoms with Crippen LogP contribution in [0.2, 0.25) is 1.41 Å². The van der Waals surface area contributed by atoms with E-state index in [1.807, 2.05) is 24.3 Å². The van der Waals surface area contributed by atoms with Gasteiger partial charge in [-0.15, -0.1) is 0 Å². The summed E-state index contributed by atoms with van der Waals surface area (Å²) in [5.74, 6) is 0.301. The van der Waals surface area contributed by atoms with Crippen molar-refractivity contribution in [2.45, 2.75) is 44.8 Å². The van der Waals surface area contributed by atoms with Crippen LogP contribution in [0.15, 0.2) is 36.4 Å². The largest absolute Gasteiger partial charge is 0.493 e. The number of hydrogen-bond donors (Lipinski definition) is 1. The molecule has 1 aliphatic heterocycles. The molecule has 3 rings (SSSR count). The van der Waals surface area contributed by atoms with Crippen molar-refractivity contribution in [1.82, 2.24) is 10.3 Å². The highest BCUT2D eigenvalue weighted by molar-refractivity contribution is 8.15. The number of nitrogens with one attached hydrogen (secondary N) is 1. The van der Waals surface area contributed by atoms with Crippen LogP contribution in [-0.2, 0) is 24.1 Å². The lowest BCUT2D eigenvalue weighted by Gasteiger charge is -2.10. The van der Waals surface area contributed by atoms with Crippen LogP contribution in [0.5, 0.6) is 5.75 Å². The quantitative estimate of drug-likeness (QED) is 0.747. The third-order valence-electron chi connectivity index (χ3n) is 4.46. The zero-order chi connectivity index (χ0) is 20.1. The maximum Gasteiger partial charge on any atom is 0.286 e. The van der Waals surface area contributed by atoms with E-state index in [1.54, 1.807) is 0 Å². The maximum atomic E-state index is 11.8. The monoisotopic (exact) mass is 385 g/mol. The highest BCUT2D eigenvalue weighted by atomic mass is 32.2. The summed E-state index contributed by atoms with van der Waals surface area (Å²) in [5, 5.41) is -0.583. The molecule has 2 aromatic rings. The molecule has 0 saturated carbocycles.